The van der Waals surface area contributed by atoms with Crippen LogP contribution in [0.4, 0.5) is 0 Å². The molecule has 2 fully saturated rings. The Balaban J connectivity index is 1.49. The highest BCUT2D eigenvalue weighted by atomic mass is 32.1. The van der Waals surface area contributed by atoms with Crippen molar-refractivity contribution in [3.05, 3.63) is 46.2 Å². The van der Waals surface area contributed by atoms with E-state index in [1.807, 2.05) is 23.6 Å². The lowest BCUT2D eigenvalue weighted by Crippen LogP contribution is -2.35. The van der Waals surface area contributed by atoms with E-state index in [4.69, 9.17) is 0 Å². The summed E-state index contributed by atoms with van der Waals surface area (Å²) in [6.07, 6.45) is 10.4. The first-order valence-electron chi connectivity index (χ1n) is 9.18. The fraction of sp³-hybridized carbons (Fsp3) is 0.579. The first-order valence-corrected chi connectivity index (χ1v) is 9.99. The van der Waals surface area contributed by atoms with Gasteiger partial charge in [0.05, 0.1) is 10.7 Å². The predicted molar refractivity (Wildman–Crippen MR) is 98.1 cm³/mol. The molecule has 0 bridgehead atoms. The minimum absolute atomic E-state index is 0.633. The van der Waals surface area contributed by atoms with E-state index in [-0.39, 0.29) is 0 Å². The zero-order valence-corrected chi connectivity index (χ0v) is 15.0. The third-order valence-corrected chi connectivity index (χ3v) is 6.15. The second-order valence-electron chi connectivity index (χ2n) is 7.00. The minimum Gasteiger partial charge on any atom is -0.317 e. The normalized spacial score (nSPS) is 21.8. The van der Waals surface area contributed by atoms with E-state index in [9.17, 15) is 0 Å². The molecule has 0 unspecified atom stereocenters. The monoisotopic (exact) mass is 342 g/mol. The van der Waals surface area contributed by atoms with Gasteiger partial charge in [-0.2, -0.15) is 0 Å². The van der Waals surface area contributed by atoms with Gasteiger partial charge in [-0.05, 0) is 57.3 Å². The number of aromatic nitrogens is 2. The van der Waals surface area contributed by atoms with E-state index in [0.717, 1.165) is 32.1 Å². The predicted octanol–water partition coefficient (Wildman–Crippen LogP) is 3.56. The first kappa shape index (κ1) is 16.2. The quantitative estimate of drug-likeness (QED) is 0.871. The molecule has 0 amide bonds. The van der Waals surface area contributed by atoms with Crippen molar-refractivity contribution in [3.8, 4) is 0 Å². The van der Waals surface area contributed by atoms with E-state index in [2.05, 4.69) is 38.5 Å². The average molecular weight is 343 g/mol. The fourth-order valence-electron chi connectivity index (χ4n) is 3.49. The minimum atomic E-state index is 0.633. The average Bonchev–Trinajstić information content (AvgIpc) is 3.40. The highest BCUT2D eigenvalue weighted by Crippen LogP contribution is 2.42. The summed E-state index contributed by atoms with van der Waals surface area (Å²) in [4.78, 5) is 13.3. The van der Waals surface area contributed by atoms with Crippen LogP contribution >= 0.6 is 11.3 Å². The van der Waals surface area contributed by atoms with Crippen molar-refractivity contribution >= 4 is 11.3 Å². The number of hydrogen-bond donors (Lipinski definition) is 1. The highest BCUT2D eigenvalue weighted by Gasteiger charge is 2.27. The summed E-state index contributed by atoms with van der Waals surface area (Å²) in [7, 11) is 0. The van der Waals surface area contributed by atoms with Crippen molar-refractivity contribution in [1.29, 1.82) is 0 Å². The summed E-state index contributed by atoms with van der Waals surface area (Å²) >= 11 is 1.92. The molecule has 1 aliphatic carbocycles. The molecule has 3 heterocycles. The van der Waals surface area contributed by atoms with Gasteiger partial charge in [0.1, 0.15) is 0 Å². The van der Waals surface area contributed by atoms with Gasteiger partial charge in [-0.3, -0.25) is 9.88 Å². The molecule has 0 spiro atoms. The molecule has 2 aromatic heterocycles. The Hall–Kier alpha value is -1.30. The Morgan fingerprint density at radius 3 is 2.88 bits per heavy atom. The highest BCUT2D eigenvalue weighted by molar-refractivity contribution is 7.11. The summed E-state index contributed by atoms with van der Waals surface area (Å²) in [6, 6.07) is 6.86. The molecule has 1 atom stereocenters. The number of pyridine rings is 1. The van der Waals surface area contributed by atoms with E-state index in [1.165, 1.54) is 47.7 Å². The Bertz CT molecular complexity index is 630. The Kier molecular flexibility index (Phi) is 5.21. The molecule has 1 N–H and O–H groups in total. The van der Waals surface area contributed by atoms with Crippen LogP contribution in [-0.2, 0) is 13.1 Å². The molecule has 4 nitrogen and oxygen atoms in total. The number of thiazole rings is 1. The maximum atomic E-state index is 4.67. The molecule has 1 aliphatic heterocycles. The van der Waals surface area contributed by atoms with Crippen LogP contribution in [0.2, 0.25) is 0 Å². The third kappa shape index (κ3) is 4.21. The molecule has 1 saturated heterocycles. The van der Waals surface area contributed by atoms with Crippen LogP contribution < -0.4 is 5.32 Å². The lowest BCUT2D eigenvalue weighted by molar-refractivity contribution is 0.163. The van der Waals surface area contributed by atoms with Crippen LogP contribution in [-0.4, -0.2) is 34.0 Å². The number of rotatable bonds is 6. The van der Waals surface area contributed by atoms with E-state index < -0.39 is 0 Å². The van der Waals surface area contributed by atoms with Gasteiger partial charge in [0.15, 0.2) is 0 Å². The van der Waals surface area contributed by atoms with Crippen LogP contribution in [0.15, 0.2) is 30.6 Å². The Morgan fingerprint density at radius 2 is 2.04 bits per heavy atom. The van der Waals surface area contributed by atoms with Crippen molar-refractivity contribution in [2.45, 2.75) is 57.2 Å². The van der Waals surface area contributed by atoms with Gasteiger partial charge in [0.25, 0.3) is 0 Å². The summed E-state index contributed by atoms with van der Waals surface area (Å²) in [6.45, 7) is 4.22. The van der Waals surface area contributed by atoms with Crippen LogP contribution in [0.1, 0.15) is 53.6 Å². The lowest BCUT2D eigenvalue weighted by Gasteiger charge is -2.30. The molecule has 2 aromatic rings. The van der Waals surface area contributed by atoms with Gasteiger partial charge in [0.2, 0.25) is 0 Å². The van der Waals surface area contributed by atoms with E-state index in [1.54, 1.807) is 0 Å². The number of nitrogens with zero attached hydrogens (tertiary/aromatic N) is 3. The topological polar surface area (TPSA) is 41.1 Å². The van der Waals surface area contributed by atoms with Crippen LogP contribution in [0.5, 0.6) is 0 Å². The molecular formula is C19H26N4S. The van der Waals surface area contributed by atoms with Gasteiger partial charge in [-0.1, -0.05) is 6.07 Å². The molecule has 2 aliphatic rings. The zero-order valence-electron chi connectivity index (χ0n) is 14.2. The van der Waals surface area contributed by atoms with Crippen LogP contribution in [0.25, 0.3) is 0 Å². The van der Waals surface area contributed by atoms with Crippen LogP contribution in [0, 0.1) is 0 Å². The maximum Gasteiger partial charge on any atom is 0.0959 e. The molecule has 5 heteroatoms. The lowest BCUT2D eigenvalue weighted by atomic mass is 10.1. The molecule has 128 valence electrons. The Morgan fingerprint density at radius 1 is 1.08 bits per heavy atom. The fourth-order valence-corrected chi connectivity index (χ4v) is 4.61. The third-order valence-electron chi connectivity index (χ3n) is 5.01. The van der Waals surface area contributed by atoms with Crippen molar-refractivity contribution in [2.75, 3.05) is 13.1 Å². The van der Waals surface area contributed by atoms with Crippen molar-refractivity contribution < 1.29 is 0 Å². The van der Waals surface area contributed by atoms with Crippen LogP contribution in [0.3, 0.4) is 0 Å². The molecule has 4 rings (SSSR count). The summed E-state index contributed by atoms with van der Waals surface area (Å²) in [5.74, 6) is 0.759. The summed E-state index contributed by atoms with van der Waals surface area (Å²) in [5.41, 5.74) is 1.17. The van der Waals surface area contributed by atoms with Gasteiger partial charge in [0, 0.05) is 42.3 Å². The second kappa shape index (κ2) is 7.72. The van der Waals surface area contributed by atoms with Gasteiger partial charge in [-0.25, -0.2) is 4.98 Å². The molecule has 1 saturated carbocycles. The molecular weight excluding hydrogens is 316 g/mol. The zero-order chi connectivity index (χ0) is 16.2. The SMILES string of the molecule is c1ccc(CN(Cc2cnc(C3CC3)s2)[C@@H]2CCCNCC2)nc1. The largest absolute Gasteiger partial charge is 0.317 e. The van der Waals surface area contributed by atoms with Crippen molar-refractivity contribution in [2.24, 2.45) is 0 Å². The molecule has 24 heavy (non-hydrogen) atoms. The molecule has 0 radical (unpaired) electrons. The van der Waals surface area contributed by atoms with Crippen molar-refractivity contribution in [3.63, 3.8) is 0 Å². The van der Waals surface area contributed by atoms with Crippen molar-refractivity contribution in [1.82, 2.24) is 20.2 Å². The van der Waals surface area contributed by atoms with Gasteiger partial charge in [-0.15, -0.1) is 11.3 Å². The smallest absolute Gasteiger partial charge is 0.0959 e. The maximum absolute atomic E-state index is 4.67. The summed E-state index contributed by atoms with van der Waals surface area (Å²) in [5, 5.41) is 4.89. The van der Waals surface area contributed by atoms with E-state index >= 15 is 0 Å². The standard InChI is InChI=1S/C19H26N4S/c1-2-10-21-16(4-1)13-23(17-5-3-9-20-11-8-17)14-18-12-22-19(24-18)15-6-7-15/h1-2,4,10,12,15,17,20H,3,5-9,11,13-14H2/t17-/m1/s1. The second-order valence-corrected chi connectivity index (χ2v) is 8.15. The number of nitrogens with one attached hydrogen (secondary N) is 1. The summed E-state index contributed by atoms with van der Waals surface area (Å²) < 4.78 is 0. The van der Waals surface area contributed by atoms with Gasteiger partial charge < -0.3 is 5.32 Å². The first-order chi connectivity index (χ1) is 11.9. The molecule has 0 aromatic carbocycles. The Labute approximate surface area is 148 Å². The van der Waals surface area contributed by atoms with Gasteiger partial charge >= 0.3 is 0 Å². The van der Waals surface area contributed by atoms with E-state index in [0.29, 0.717) is 6.04 Å². The number of hydrogen-bond acceptors (Lipinski definition) is 5.